The molecule has 0 fully saturated rings. The third kappa shape index (κ3) is 4.62. The zero-order chi connectivity index (χ0) is 14.9. The van der Waals surface area contributed by atoms with Crippen LogP contribution >= 0.6 is 0 Å². The van der Waals surface area contributed by atoms with Gasteiger partial charge in [0.05, 0.1) is 25.1 Å². The Morgan fingerprint density at radius 3 is 3.00 bits per heavy atom. The monoisotopic (exact) mass is 284 g/mol. The minimum Gasteiger partial charge on any atom is -0.496 e. The van der Waals surface area contributed by atoms with Crippen molar-refractivity contribution in [1.29, 1.82) is 5.26 Å². The molecule has 0 bridgehead atoms. The topological polar surface area (TPSA) is 62.9 Å². The lowest BCUT2D eigenvalue weighted by molar-refractivity contribution is 0.407. The van der Waals surface area contributed by atoms with E-state index in [-0.39, 0.29) is 0 Å². The van der Waals surface area contributed by atoms with Crippen LogP contribution in [0.15, 0.2) is 36.9 Å². The van der Waals surface area contributed by atoms with E-state index in [1.807, 2.05) is 24.7 Å². The van der Waals surface area contributed by atoms with Gasteiger partial charge < -0.3 is 14.6 Å². The molecule has 1 aromatic carbocycles. The zero-order valence-corrected chi connectivity index (χ0v) is 12.2. The van der Waals surface area contributed by atoms with Crippen LogP contribution in [-0.2, 0) is 13.1 Å². The first-order chi connectivity index (χ1) is 10.3. The summed E-state index contributed by atoms with van der Waals surface area (Å²) in [6.45, 7) is 2.65. The molecule has 1 heterocycles. The van der Waals surface area contributed by atoms with Gasteiger partial charge in [0.25, 0.3) is 0 Å². The fourth-order valence-electron chi connectivity index (χ4n) is 2.17. The van der Waals surface area contributed by atoms with Gasteiger partial charge in [0.1, 0.15) is 5.75 Å². The number of hydrogen-bond donors (Lipinski definition) is 1. The number of nitrogens with zero attached hydrogens (tertiary/aromatic N) is 3. The van der Waals surface area contributed by atoms with Gasteiger partial charge in [0, 0.05) is 31.0 Å². The van der Waals surface area contributed by atoms with Crippen LogP contribution in [0, 0.1) is 11.3 Å². The normalized spacial score (nSPS) is 10.3. The summed E-state index contributed by atoms with van der Waals surface area (Å²) in [5.41, 5.74) is 1.68. The third-order valence-electron chi connectivity index (χ3n) is 3.30. The van der Waals surface area contributed by atoms with Gasteiger partial charge in [-0.05, 0) is 37.6 Å². The van der Waals surface area contributed by atoms with Crippen molar-refractivity contribution in [1.82, 2.24) is 14.9 Å². The second-order valence-electron chi connectivity index (χ2n) is 4.82. The average Bonchev–Trinajstić information content (AvgIpc) is 3.03. The van der Waals surface area contributed by atoms with Crippen molar-refractivity contribution in [3.8, 4) is 11.8 Å². The molecule has 0 aliphatic carbocycles. The largest absolute Gasteiger partial charge is 0.496 e. The molecule has 0 unspecified atom stereocenters. The first-order valence-electron chi connectivity index (χ1n) is 7.07. The lowest BCUT2D eigenvalue weighted by Crippen LogP contribution is -2.16. The van der Waals surface area contributed by atoms with E-state index in [9.17, 15) is 0 Å². The fraction of sp³-hybridized carbons (Fsp3) is 0.375. The third-order valence-corrected chi connectivity index (χ3v) is 3.30. The van der Waals surface area contributed by atoms with Crippen LogP contribution in [0.5, 0.6) is 5.75 Å². The van der Waals surface area contributed by atoms with Gasteiger partial charge in [-0.25, -0.2) is 4.98 Å². The lowest BCUT2D eigenvalue weighted by Gasteiger charge is -2.10. The van der Waals surface area contributed by atoms with Crippen molar-refractivity contribution in [2.45, 2.75) is 25.9 Å². The van der Waals surface area contributed by atoms with E-state index in [0.29, 0.717) is 12.1 Å². The van der Waals surface area contributed by atoms with Crippen molar-refractivity contribution in [2.75, 3.05) is 13.7 Å². The lowest BCUT2D eigenvalue weighted by atomic mass is 10.1. The van der Waals surface area contributed by atoms with Gasteiger partial charge >= 0.3 is 0 Å². The number of aromatic nitrogens is 2. The number of ether oxygens (including phenoxy) is 1. The molecule has 1 N–H and O–H groups in total. The number of aryl methyl sites for hydroxylation is 1. The zero-order valence-electron chi connectivity index (χ0n) is 12.2. The summed E-state index contributed by atoms with van der Waals surface area (Å²) in [7, 11) is 1.65. The molecule has 2 aromatic rings. The van der Waals surface area contributed by atoms with Crippen LogP contribution in [0.3, 0.4) is 0 Å². The maximum Gasteiger partial charge on any atom is 0.123 e. The molecule has 21 heavy (non-hydrogen) atoms. The summed E-state index contributed by atoms with van der Waals surface area (Å²) < 4.78 is 7.40. The summed E-state index contributed by atoms with van der Waals surface area (Å²) in [5, 5.41) is 12.3. The molecule has 0 saturated carbocycles. The molecule has 2 rings (SSSR count). The maximum atomic E-state index is 8.94. The molecular weight excluding hydrogens is 264 g/mol. The molecule has 0 amide bonds. The summed E-state index contributed by atoms with van der Waals surface area (Å²) in [4.78, 5) is 4.02. The molecule has 0 aliphatic rings. The molecule has 0 spiro atoms. The molecule has 5 nitrogen and oxygen atoms in total. The predicted octanol–water partition coefficient (Wildman–Crippen LogP) is 2.33. The highest BCUT2D eigenvalue weighted by molar-refractivity contribution is 5.41. The number of hydrogen-bond acceptors (Lipinski definition) is 4. The molecule has 5 heteroatoms. The molecule has 0 aliphatic heterocycles. The number of nitriles is 1. The van der Waals surface area contributed by atoms with Crippen molar-refractivity contribution in [2.24, 2.45) is 0 Å². The maximum absolute atomic E-state index is 8.94. The number of rotatable bonds is 8. The van der Waals surface area contributed by atoms with Crippen LogP contribution in [0.2, 0.25) is 0 Å². The number of nitrogens with one attached hydrogen (secondary N) is 1. The van der Waals surface area contributed by atoms with Gasteiger partial charge in [0.2, 0.25) is 0 Å². The number of unbranched alkanes of at least 4 members (excludes halogenated alkanes) is 1. The van der Waals surface area contributed by atoms with E-state index >= 15 is 0 Å². The Morgan fingerprint density at radius 2 is 2.29 bits per heavy atom. The minimum absolute atomic E-state index is 0.660. The summed E-state index contributed by atoms with van der Waals surface area (Å²) in [5.74, 6) is 0.819. The predicted molar refractivity (Wildman–Crippen MR) is 80.9 cm³/mol. The van der Waals surface area contributed by atoms with Crippen molar-refractivity contribution in [3.05, 3.63) is 48.0 Å². The standard InChI is InChI=1S/C16H20N4O/c1-21-16-5-4-14(11-17)10-15(16)12-18-6-2-3-8-20-9-7-19-13-20/h4-5,7,9-10,13,18H,2-3,6,8,12H2,1H3. The van der Waals surface area contributed by atoms with E-state index in [4.69, 9.17) is 10.00 Å². The van der Waals surface area contributed by atoms with E-state index in [0.717, 1.165) is 37.2 Å². The van der Waals surface area contributed by atoms with Crippen LogP contribution in [0.4, 0.5) is 0 Å². The van der Waals surface area contributed by atoms with Crippen molar-refractivity contribution >= 4 is 0 Å². The van der Waals surface area contributed by atoms with E-state index in [1.54, 1.807) is 19.4 Å². The van der Waals surface area contributed by atoms with Crippen molar-refractivity contribution in [3.63, 3.8) is 0 Å². The van der Waals surface area contributed by atoms with Gasteiger partial charge in [-0.15, -0.1) is 0 Å². The fourth-order valence-corrected chi connectivity index (χ4v) is 2.17. The van der Waals surface area contributed by atoms with Crippen LogP contribution in [0.1, 0.15) is 24.0 Å². The quantitative estimate of drug-likeness (QED) is 0.756. The summed E-state index contributed by atoms with van der Waals surface area (Å²) in [6, 6.07) is 7.64. The van der Waals surface area contributed by atoms with E-state index in [1.165, 1.54) is 0 Å². The highest BCUT2D eigenvalue weighted by atomic mass is 16.5. The molecule has 0 saturated heterocycles. The number of imidazole rings is 1. The first-order valence-corrected chi connectivity index (χ1v) is 7.07. The number of methoxy groups -OCH3 is 1. The average molecular weight is 284 g/mol. The SMILES string of the molecule is COc1ccc(C#N)cc1CNCCCCn1ccnc1. The Balaban J connectivity index is 1.72. The first kappa shape index (κ1) is 15.1. The van der Waals surface area contributed by atoms with Crippen LogP contribution in [-0.4, -0.2) is 23.2 Å². The second-order valence-corrected chi connectivity index (χ2v) is 4.82. The Kier molecular flexibility index (Phi) is 5.80. The van der Waals surface area contributed by atoms with E-state index < -0.39 is 0 Å². The van der Waals surface area contributed by atoms with Gasteiger partial charge in [-0.1, -0.05) is 0 Å². The van der Waals surface area contributed by atoms with Gasteiger partial charge in [-0.2, -0.15) is 5.26 Å². The second kappa shape index (κ2) is 8.08. The molecular formula is C16H20N4O. The molecule has 0 radical (unpaired) electrons. The molecule has 110 valence electrons. The van der Waals surface area contributed by atoms with Crippen LogP contribution in [0.25, 0.3) is 0 Å². The minimum atomic E-state index is 0.660. The highest BCUT2D eigenvalue weighted by Gasteiger charge is 2.04. The van der Waals surface area contributed by atoms with Crippen molar-refractivity contribution < 1.29 is 4.74 Å². The number of benzene rings is 1. The Morgan fingerprint density at radius 1 is 1.38 bits per heavy atom. The summed E-state index contributed by atoms with van der Waals surface area (Å²) >= 11 is 0. The Hall–Kier alpha value is -2.32. The Bertz CT molecular complexity index is 587. The van der Waals surface area contributed by atoms with Gasteiger partial charge in [0.15, 0.2) is 0 Å². The highest BCUT2D eigenvalue weighted by Crippen LogP contribution is 2.19. The summed E-state index contributed by atoms with van der Waals surface area (Å²) in [6.07, 6.45) is 7.82. The molecule has 0 atom stereocenters. The van der Waals surface area contributed by atoms with E-state index in [2.05, 4.69) is 20.9 Å². The van der Waals surface area contributed by atoms with Crippen LogP contribution < -0.4 is 10.1 Å². The smallest absolute Gasteiger partial charge is 0.123 e. The van der Waals surface area contributed by atoms with Gasteiger partial charge in [-0.3, -0.25) is 0 Å². The molecule has 1 aromatic heterocycles. The Labute approximate surface area is 125 Å².